The molecule has 0 saturated heterocycles. The molecule has 0 aliphatic heterocycles. The Morgan fingerprint density at radius 3 is 2.71 bits per heavy atom. The van der Waals surface area contributed by atoms with E-state index < -0.39 is 5.41 Å². The average molecular weight is 192 g/mol. The Hall–Kier alpha value is -1.22. The molecule has 0 saturated carbocycles. The maximum absolute atomic E-state index is 12.0. The molecule has 0 aromatic carbocycles. The van der Waals surface area contributed by atoms with Gasteiger partial charge in [-0.15, -0.1) is 0 Å². The predicted octanol–water partition coefficient (Wildman–Crippen LogP) is 1.56. The van der Waals surface area contributed by atoms with Gasteiger partial charge >= 0.3 is 0 Å². The molecule has 3 nitrogen and oxygen atoms in total. The van der Waals surface area contributed by atoms with E-state index in [1.165, 1.54) is 0 Å². The highest BCUT2D eigenvalue weighted by Gasteiger charge is 2.27. The summed E-state index contributed by atoms with van der Waals surface area (Å²) in [6.07, 6.45) is 3.29. The molecule has 1 rings (SSSR count). The molecule has 0 radical (unpaired) electrons. The quantitative estimate of drug-likeness (QED) is 0.739. The highest BCUT2D eigenvalue weighted by atomic mass is 16.1. The van der Waals surface area contributed by atoms with E-state index >= 15 is 0 Å². The molecule has 1 heterocycles. The van der Waals surface area contributed by atoms with Crippen LogP contribution >= 0.6 is 0 Å². The van der Waals surface area contributed by atoms with Crippen molar-refractivity contribution in [2.45, 2.75) is 20.8 Å². The number of aromatic nitrogens is 1. The van der Waals surface area contributed by atoms with E-state index in [4.69, 9.17) is 5.73 Å². The lowest BCUT2D eigenvalue weighted by Crippen LogP contribution is -2.33. The van der Waals surface area contributed by atoms with Crippen molar-refractivity contribution in [3.05, 3.63) is 29.6 Å². The first-order valence-corrected chi connectivity index (χ1v) is 4.64. The van der Waals surface area contributed by atoms with Crippen molar-refractivity contribution in [3.8, 4) is 0 Å². The number of rotatable bonds is 3. The Bertz CT molecular complexity index is 345. The number of carbonyl (C=O) groups excluding carboxylic acids is 1. The summed E-state index contributed by atoms with van der Waals surface area (Å²) in [5, 5.41) is 0. The van der Waals surface area contributed by atoms with Crippen LogP contribution in [0.3, 0.4) is 0 Å². The number of nitrogens with zero attached hydrogens (tertiary/aromatic N) is 1. The van der Waals surface area contributed by atoms with Crippen LogP contribution in [0.2, 0.25) is 0 Å². The highest BCUT2D eigenvalue weighted by molar-refractivity contribution is 6.01. The van der Waals surface area contributed by atoms with Gasteiger partial charge in [0.1, 0.15) is 0 Å². The van der Waals surface area contributed by atoms with Crippen LogP contribution in [0.4, 0.5) is 0 Å². The number of Topliss-reactive ketones (excluding diaryl/α,β-unsaturated/α-hetero) is 1. The third-order valence-corrected chi connectivity index (χ3v) is 2.41. The summed E-state index contributed by atoms with van der Waals surface area (Å²) in [7, 11) is 0. The van der Waals surface area contributed by atoms with Crippen molar-refractivity contribution in [2.24, 2.45) is 11.1 Å². The van der Waals surface area contributed by atoms with Crippen molar-refractivity contribution >= 4 is 5.78 Å². The molecule has 1 aromatic heterocycles. The molecular formula is C11H16N2O. The maximum Gasteiger partial charge on any atom is 0.171 e. The third-order valence-electron chi connectivity index (χ3n) is 2.41. The van der Waals surface area contributed by atoms with Gasteiger partial charge in [0.25, 0.3) is 0 Å². The van der Waals surface area contributed by atoms with Crippen LogP contribution in [0, 0.1) is 12.3 Å². The van der Waals surface area contributed by atoms with Gasteiger partial charge in [-0.1, -0.05) is 13.8 Å². The standard InChI is InChI=1S/C11H16N2O/c1-8-4-5-13-6-9(8)10(14)11(2,3)7-12/h4-6H,7,12H2,1-3H3. The fourth-order valence-corrected chi connectivity index (χ4v) is 1.16. The fourth-order valence-electron chi connectivity index (χ4n) is 1.16. The smallest absolute Gasteiger partial charge is 0.171 e. The van der Waals surface area contributed by atoms with Gasteiger partial charge in [-0.2, -0.15) is 0 Å². The van der Waals surface area contributed by atoms with Crippen LogP contribution in [0.15, 0.2) is 18.5 Å². The van der Waals surface area contributed by atoms with E-state index in [-0.39, 0.29) is 5.78 Å². The fraction of sp³-hybridized carbons (Fsp3) is 0.455. The lowest BCUT2D eigenvalue weighted by Gasteiger charge is -2.21. The summed E-state index contributed by atoms with van der Waals surface area (Å²) in [5.74, 6) is 0.0607. The zero-order valence-electron chi connectivity index (χ0n) is 8.87. The Balaban J connectivity index is 3.07. The summed E-state index contributed by atoms with van der Waals surface area (Å²) < 4.78 is 0. The maximum atomic E-state index is 12.0. The van der Waals surface area contributed by atoms with Crippen LogP contribution in [-0.2, 0) is 0 Å². The molecule has 76 valence electrons. The molecular weight excluding hydrogens is 176 g/mol. The van der Waals surface area contributed by atoms with Gasteiger partial charge in [-0.25, -0.2) is 0 Å². The molecule has 2 N–H and O–H groups in total. The monoisotopic (exact) mass is 192 g/mol. The molecule has 0 fully saturated rings. The Morgan fingerprint density at radius 2 is 2.21 bits per heavy atom. The van der Waals surface area contributed by atoms with E-state index in [1.54, 1.807) is 12.4 Å². The number of hydrogen-bond donors (Lipinski definition) is 1. The SMILES string of the molecule is Cc1ccncc1C(=O)C(C)(C)CN. The second-order valence-electron chi connectivity index (χ2n) is 4.11. The molecule has 0 aliphatic carbocycles. The molecule has 3 heteroatoms. The van der Waals surface area contributed by atoms with Crippen LogP contribution in [0.1, 0.15) is 29.8 Å². The minimum Gasteiger partial charge on any atom is -0.329 e. The van der Waals surface area contributed by atoms with Gasteiger partial charge in [0, 0.05) is 29.9 Å². The molecule has 0 aliphatic rings. The second-order valence-corrected chi connectivity index (χ2v) is 4.11. The van der Waals surface area contributed by atoms with Crippen LogP contribution < -0.4 is 5.73 Å². The molecule has 0 atom stereocenters. The highest BCUT2D eigenvalue weighted by Crippen LogP contribution is 2.21. The number of aryl methyl sites for hydroxylation is 1. The number of hydrogen-bond acceptors (Lipinski definition) is 3. The lowest BCUT2D eigenvalue weighted by molar-refractivity contribution is 0.0846. The molecule has 0 amide bonds. The summed E-state index contributed by atoms with van der Waals surface area (Å²) in [6, 6.07) is 1.83. The summed E-state index contributed by atoms with van der Waals surface area (Å²) in [5.41, 5.74) is 6.67. The van der Waals surface area contributed by atoms with Crippen molar-refractivity contribution in [3.63, 3.8) is 0 Å². The van der Waals surface area contributed by atoms with Crippen molar-refractivity contribution in [1.29, 1.82) is 0 Å². The second kappa shape index (κ2) is 3.88. The normalized spacial score (nSPS) is 11.4. The first kappa shape index (κ1) is 10.9. The van der Waals surface area contributed by atoms with Gasteiger partial charge in [0.15, 0.2) is 5.78 Å². The minimum atomic E-state index is -0.506. The Kier molecular flexibility index (Phi) is 3.01. The van der Waals surface area contributed by atoms with Crippen LogP contribution in [0.25, 0.3) is 0 Å². The summed E-state index contributed by atoms with van der Waals surface area (Å²) in [6.45, 7) is 5.95. The number of ketones is 1. The van der Waals surface area contributed by atoms with Crippen molar-refractivity contribution < 1.29 is 4.79 Å². The van der Waals surface area contributed by atoms with Crippen LogP contribution in [0.5, 0.6) is 0 Å². The zero-order valence-corrected chi connectivity index (χ0v) is 8.87. The molecule has 14 heavy (non-hydrogen) atoms. The topological polar surface area (TPSA) is 56.0 Å². The average Bonchev–Trinajstić information content (AvgIpc) is 2.17. The third kappa shape index (κ3) is 1.99. The minimum absolute atomic E-state index is 0.0607. The van der Waals surface area contributed by atoms with Crippen molar-refractivity contribution in [2.75, 3.05) is 6.54 Å². The first-order chi connectivity index (χ1) is 6.49. The molecule has 0 unspecified atom stereocenters. The van der Waals surface area contributed by atoms with E-state index in [0.717, 1.165) is 5.56 Å². The molecule has 0 bridgehead atoms. The lowest BCUT2D eigenvalue weighted by atomic mass is 9.84. The van der Waals surface area contributed by atoms with Gasteiger partial charge < -0.3 is 5.73 Å². The van der Waals surface area contributed by atoms with E-state index in [0.29, 0.717) is 12.1 Å². The summed E-state index contributed by atoms with van der Waals surface area (Å²) >= 11 is 0. The van der Waals surface area contributed by atoms with E-state index in [2.05, 4.69) is 4.98 Å². The van der Waals surface area contributed by atoms with Gasteiger partial charge in [0.2, 0.25) is 0 Å². The summed E-state index contributed by atoms with van der Waals surface area (Å²) in [4.78, 5) is 16.0. The zero-order chi connectivity index (χ0) is 10.8. The largest absolute Gasteiger partial charge is 0.329 e. The van der Waals surface area contributed by atoms with Gasteiger partial charge in [-0.3, -0.25) is 9.78 Å². The van der Waals surface area contributed by atoms with E-state index in [1.807, 2.05) is 26.8 Å². The predicted molar refractivity (Wildman–Crippen MR) is 56.1 cm³/mol. The molecule has 1 aromatic rings. The Labute approximate surface area is 84.3 Å². The Morgan fingerprint density at radius 1 is 1.57 bits per heavy atom. The van der Waals surface area contributed by atoms with Crippen LogP contribution in [-0.4, -0.2) is 17.3 Å². The molecule has 0 spiro atoms. The number of carbonyl (C=O) groups is 1. The van der Waals surface area contributed by atoms with Gasteiger partial charge in [0.05, 0.1) is 0 Å². The number of pyridine rings is 1. The van der Waals surface area contributed by atoms with Crippen molar-refractivity contribution in [1.82, 2.24) is 4.98 Å². The van der Waals surface area contributed by atoms with Gasteiger partial charge in [-0.05, 0) is 18.6 Å². The van der Waals surface area contributed by atoms with E-state index in [9.17, 15) is 4.79 Å². The first-order valence-electron chi connectivity index (χ1n) is 4.64. The number of nitrogens with two attached hydrogens (primary N) is 1.